The van der Waals surface area contributed by atoms with Gasteiger partial charge in [-0.05, 0) is 42.8 Å². The molecule has 3 N–H and O–H groups in total. The molecule has 0 aromatic heterocycles. The lowest BCUT2D eigenvalue weighted by Gasteiger charge is -2.13. The topological polar surface area (TPSA) is 55.1 Å². The third-order valence-electron chi connectivity index (χ3n) is 3.26. The van der Waals surface area contributed by atoms with Crippen molar-refractivity contribution in [1.82, 2.24) is 5.32 Å². The van der Waals surface area contributed by atoms with Crippen LogP contribution in [0, 0.1) is 5.82 Å². The van der Waals surface area contributed by atoms with Crippen LogP contribution in [0.4, 0.5) is 10.1 Å². The van der Waals surface area contributed by atoms with Gasteiger partial charge in [0.25, 0.3) is 0 Å². The summed E-state index contributed by atoms with van der Waals surface area (Å²) in [6.45, 7) is 1.94. The predicted molar refractivity (Wildman–Crippen MR) is 85.2 cm³/mol. The molecule has 1 unspecified atom stereocenters. The SMILES string of the molecule is CC(C(=O)NCc1cc(Br)ccc1F)c1cccc(N)c1. The van der Waals surface area contributed by atoms with E-state index < -0.39 is 0 Å². The number of nitrogens with one attached hydrogen (secondary N) is 1. The first kappa shape index (κ1) is 15.5. The molecular weight excluding hydrogens is 335 g/mol. The van der Waals surface area contributed by atoms with Gasteiger partial charge in [0.1, 0.15) is 5.82 Å². The Morgan fingerprint density at radius 3 is 2.81 bits per heavy atom. The number of halogens is 2. The van der Waals surface area contributed by atoms with E-state index in [1.807, 2.05) is 12.1 Å². The molecule has 2 aromatic carbocycles. The van der Waals surface area contributed by atoms with Crippen molar-refractivity contribution in [3.63, 3.8) is 0 Å². The number of hydrogen-bond donors (Lipinski definition) is 2. The van der Waals surface area contributed by atoms with Gasteiger partial charge in [-0.15, -0.1) is 0 Å². The minimum atomic E-state index is -0.344. The Kier molecular flexibility index (Phi) is 4.96. The van der Waals surface area contributed by atoms with E-state index in [9.17, 15) is 9.18 Å². The monoisotopic (exact) mass is 350 g/mol. The number of nitrogen functional groups attached to an aromatic ring is 1. The van der Waals surface area contributed by atoms with E-state index in [0.717, 1.165) is 10.0 Å². The lowest BCUT2D eigenvalue weighted by atomic mass is 10.00. The Labute approximate surface area is 131 Å². The average Bonchev–Trinajstić information content (AvgIpc) is 2.47. The summed E-state index contributed by atoms with van der Waals surface area (Å²) < 4.78 is 14.4. The van der Waals surface area contributed by atoms with Crippen LogP contribution in [0.25, 0.3) is 0 Å². The van der Waals surface area contributed by atoms with Crippen molar-refractivity contribution in [3.05, 3.63) is 63.9 Å². The van der Waals surface area contributed by atoms with Crippen LogP contribution in [0.3, 0.4) is 0 Å². The van der Waals surface area contributed by atoms with Crippen molar-refractivity contribution >= 4 is 27.5 Å². The largest absolute Gasteiger partial charge is 0.399 e. The van der Waals surface area contributed by atoms with Gasteiger partial charge in [0.05, 0.1) is 5.92 Å². The zero-order chi connectivity index (χ0) is 15.4. The van der Waals surface area contributed by atoms with Gasteiger partial charge in [0, 0.05) is 22.3 Å². The summed E-state index contributed by atoms with van der Waals surface area (Å²) >= 11 is 3.28. The minimum Gasteiger partial charge on any atom is -0.399 e. The van der Waals surface area contributed by atoms with Gasteiger partial charge in [-0.1, -0.05) is 28.1 Å². The summed E-state index contributed by atoms with van der Waals surface area (Å²) in [4.78, 5) is 12.1. The molecule has 2 rings (SSSR count). The summed E-state index contributed by atoms with van der Waals surface area (Å²) in [6, 6.07) is 11.8. The van der Waals surface area contributed by atoms with E-state index in [0.29, 0.717) is 11.3 Å². The highest BCUT2D eigenvalue weighted by Crippen LogP contribution is 2.19. The molecule has 0 spiro atoms. The fourth-order valence-corrected chi connectivity index (χ4v) is 2.40. The van der Waals surface area contributed by atoms with Crippen molar-refractivity contribution in [2.45, 2.75) is 19.4 Å². The summed E-state index contributed by atoms with van der Waals surface area (Å²) in [5.41, 5.74) is 7.60. The first-order valence-corrected chi connectivity index (χ1v) is 7.33. The molecule has 3 nitrogen and oxygen atoms in total. The Bertz CT molecular complexity index is 660. The first-order valence-electron chi connectivity index (χ1n) is 6.54. The lowest BCUT2D eigenvalue weighted by Crippen LogP contribution is -2.27. The van der Waals surface area contributed by atoms with Crippen molar-refractivity contribution < 1.29 is 9.18 Å². The number of carbonyl (C=O) groups is 1. The fourth-order valence-electron chi connectivity index (χ4n) is 1.99. The van der Waals surface area contributed by atoms with E-state index in [-0.39, 0.29) is 24.2 Å². The van der Waals surface area contributed by atoms with Crippen LogP contribution in [0.15, 0.2) is 46.9 Å². The molecule has 0 aliphatic rings. The molecule has 0 aliphatic carbocycles. The second kappa shape index (κ2) is 6.72. The van der Waals surface area contributed by atoms with Crippen molar-refractivity contribution in [2.24, 2.45) is 0 Å². The Balaban J connectivity index is 2.03. The van der Waals surface area contributed by atoms with E-state index in [1.54, 1.807) is 31.2 Å². The van der Waals surface area contributed by atoms with Gasteiger partial charge in [0.2, 0.25) is 5.91 Å². The van der Waals surface area contributed by atoms with Crippen LogP contribution in [0.5, 0.6) is 0 Å². The van der Waals surface area contributed by atoms with Crippen molar-refractivity contribution in [2.75, 3.05) is 5.73 Å². The molecule has 0 bridgehead atoms. The van der Waals surface area contributed by atoms with Crippen molar-refractivity contribution in [1.29, 1.82) is 0 Å². The van der Waals surface area contributed by atoms with Crippen LogP contribution >= 0.6 is 15.9 Å². The molecule has 1 amide bonds. The van der Waals surface area contributed by atoms with Gasteiger partial charge < -0.3 is 11.1 Å². The quantitative estimate of drug-likeness (QED) is 0.827. The predicted octanol–water partition coefficient (Wildman–Crippen LogP) is 3.59. The van der Waals surface area contributed by atoms with Gasteiger partial charge >= 0.3 is 0 Å². The number of nitrogens with two attached hydrogens (primary N) is 1. The van der Waals surface area contributed by atoms with Crippen LogP contribution in [-0.2, 0) is 11.3 Å². The molecule has 110 valence electrons. The number of carbonyl (C=O) groups excluding carboxylic acids is 1. The zero-order valence-electron chi connectivity index (χ0n) is 11.6. The maximum Gasteiger partial charge on any atom is 0.227 e. The number of anilines is 1. The van der Waals surface area contributed by atoms with Crippen LogP contribution < -0.4 is 11.1 Å². The second-order valence-corrected chi connectivity index (χ2v) is 5.76. The third kappa shape index (κ3) is 4.04. The maximum absolute atomic E-state index is 13.6. The molecule has 0 fully saturated rings. The highest BCUT2D eigenvalue weighted by atomic mass is 79.9. The molecule has 2 aromatic rings. The zero-order valence-corrected chi connectivity index (χ0v) is 13.2. The molecule has 0 saturated carbocycles. The van der Waals surface area contributed by atoms with Crippen molar-refractivity contribution in [3.8, 4) is 0 Å². The Morgan fingerprint density at radius 1 is 1.33 bits per heavy atom. The summed E-state index contributed by atoms with van der Waals surface area (Å²) in [7, 11) is 0. The lowest BCUT2D eigenvalue weighted by molar-refractivity contribution is -0.122. The van der Waals surface area contributed by atoms with E-state index in [1.165, 1.54) is 6.07 Å². The van der Waals surface area contributed by atoms with Gasteiger partial charge in [-0.2, -0.15) is 0 Å². The molecule has 0 radical (unpaired) electrons. The molecular formula is C16H16BrFN2O. The van der Waals surface area contributed by atoms with Gasteiger partial charge in [-0.3, -0.25) is 4.79 Å². The maximum atomic E-state index is 13.6. The number of rotatable bonds is 4. The summed E-state index contributed by atoms with van der Waals surface area (Å²) in [5, 5.41) is 2.74. The second-order valence-electron chi connectivity index (χ2n) is 4.85. The highest BCUT2D eigenvalue weighted by molar-refractivity contribution is 9.10. The average molecular weight is 351 g/mol. The fraction of sp³-hybridized carbons (Fsp3) is 0.188. The van der Waals surface area contributed by atoms with Crippen LogP contribution in [0.2, 0.25) is 0 Å². The van der Waals surface area contributed by atoms with Gasteiger partial charge in [-0.25, -0.2) is 4.39 Å². The van der Waals surface area contributed by atoms with E-state index in [4.69, 9.17) is 5.73 Å². The summed E-state index contributed by atoms with van der Waals surface area (Å²) in [5.74, 6) is -0.848. The molecule has 21 heavy (non-hydrogen) atoms. The number of hydrogen-bond acceptors (Lipinski definition) is 2. The first-order chi connectivity index (χ1) is 9.97. The van der Waals surface area contributed by atoms with Crippen LogP contribution in [-0.4, -0.2) is 5.91 Å². The Morgan fingerprint density at radius 2 is 2.10 bits per heavy atom. The van der Waals surface area contributed by atoms with Crippen LogP contribution in [0.1, 0.15) is 24.0 Å². The number of amides is 1. The number of benzene rings is 2. The highest BCUT2D eigenvalue weighted by Gasteiger charge is 2.15. The smallest absolute Gasteiger partial charge is 0.227 e. The Hall–Kier alpha value is -1.88. The van der Waals surface area contributed by atoms with E-state index in [2.05, 4.69) is 21.2 Å². The van der Waals surface area contributed by atoms with Gasteiger partial charge in [0.15, 0.2) is 0 Å². The molecule has 0 heterocycles. The standard InChI is InChI=1S/C16H16BrFN2O/c1-10(11-3-2-4-14(19)8-11)16(21)20-9-12-7-13(17)5-6-15(12)18/h2-8,10H,9,19H2,1H3,(H,20,21). The molecule has 1 atom stereocenters. The molecule has 0 aliphatic heterocycles. The molecule has 0 saturated heterocycles. The third-order valence-corrected chi connectivity index (χ3v) is 3.76. The normalized spacial score (nSPS) is 12.0. The minimum absolute atomic E-state index is 0.150. The molecule has 5 heteroatoms. The summed E-state index contributed by atoms with van der Waals surface area (Å²) in [6.07, 6.45) is 0. The van der Waals surface area contributed by atoms with E-state index >= 15 is 0 Å².